The molecule has 1 unspecified atom stereocenters. The van der Waals surface area contributed by atoms with E-state index in [9.17, 15) is 8.42 Å². The van der Waals surface area contributed by atoms with E-state index >= 15 is 0 Å². The highest BCUT2D eigenvalue weighted by Crippen LogP contribution is 2.44. The van der Waals surface area contributed by atoms with E-state index in [2.05, 4.69) is 26.6 Å². The van der Waals surface area contributed by atoms with Crippen LogP contribution in [0.25, 0.3) is 0 Å². The van der Waals surface area contributed by atoms with Gasteiger partial charge in [0, 0.05) is 11.7 Å². The van der Waals surface area contributed by atoms with Gasteiger partial charge in [0.2, 0.25) is 10.0 Å². The molecule has 0 spiro atoms. The molecule has 0 aromatic rings. The van der Waals surface area contributed by atoms with E-state index in [1.165, 1.54) is 51.4 Å². The molecule has 1 rings (SSSR count). The smallest absolute Gasteiger partial charge is 0.212 e. The Morgan fingerprint density at radius 2 is 1.33 bits per heavy atom. The van der Waals surface area contributed by atoms with Gasteiger partial charge in [-0.2, -0.15) is 4.31 Å². The van der Waals surface area contributed by atoms with Crippen molar-refractivity contribution < 1.29 is 8.42 Å². The fourth-order valence-corrected chi connectivity index (χ4v) is 9.05. The molecule has 1 heterocycles. The summed E-state index contributed by atoms with van der Waals surface area (Å²) in [5, 5.41) is 0. The van der Waals surface area contributed by atoms with Crippen molar-refractivity contribution in [1.29, 1.82) is 0 Å². The Morgan fingerprint density at radius 1 is 0.875 bits per heavy atom. The number of hydrogen-bond acceptors (Lipinski definition) is 2. The Morgan fingerprint density at radius 3 is 1.75 bits per heavy atom. The number of rotatable bonds is 11. The van der Waals surface area contributed by atoms with Crippen molar-refractivity contribution in [3.8, 4) is 0 Å². The molecule has 5 heteroatoms. The van der Waals surface area contributed by atoms with Gasteiger partial charge in [-0.3, -0.25) is 0 Å². The van der Waals surface area contributed by atoms with Crippen LogP contribution >= 0.6 is 0 Å². The van der Waals surface area contributed by atoms with Gasteiger partial charge >= 0.3 is 0 Å². The molecule has 1 saturated heterocycles. The average molecular weight is 376 g/mol. The van der Waals surface area contributed by atoms with E-state index in [4.69, 9.17) is 0 Å². The third kappa shape index (κ3) is 5.84. The van der Waals surface area contributed by atoms with Crippen LogP contribution < -0.4 is 0 Å². The van der Waals surface area contributed by atoms with Crippen LogP contribution in [0.4, 0.5) is 0 Å². The van der Waals surface area contributed by atoms with Gasteiger partial charge in [-0.25, -0.2) is 8.42 Å². The Hall–Kier alpha value is 0.127. The van der Waals surface area contributed by atoms with Crippen molar-refractivity contribution in [3.63, 3.8) is 0 Å². The van der Waals surface area contributed by atoms with Crippen molar-refractivity contribution in [2.45, 2.75) is 122 Å². The van der Waals surface area contributed by atoms with E-state index in [1.807, 2.05) is 25.1 Å². The summed E-state index contributed by atoms with van der Waals surface area (Å²) in [5.41, 5.74) is 0.311. The number of unbranched alkanes of at least 4 members (excludes halogenated alkanes) is 7. The first-order valence-corrected chi connectivity index (χ1v) is 15.0. The van der Waals surface area contributed by atoms with Gasteiger partial charge in [0.05, 0.1) is 12.8 Å². The number of hydrogen-bond donors (Lipinski definition) is 0. The van der Waals surface area contributed by atoms with Crippen molar-refractivity contribution in [1.82, 2.24) is 4.31 Å². The quantitative estimate of drug-likeness (QED) is 0.269. The summed E-state index contributed by atoms with van der Waals surface area (Å²) in [4.78, 5) is 0. The third-order valence-electron chi connectivity index (χ3n) is 5.17. The normalized spacial score (nSPS) is 25.0. The fraction of sp³-hybridized carbons (Fsp3) is 1.00. The van der Waals surface area contributed by atoms with E-state index in [1.54, 1.807) is 0 Å². The third-order valence-corrected chi connectivity index (χ3v) is 10.4. The van der Waals surface area contributed by atoms with Gasteiger partial charge in [-0.05, 0) is 27.2 Å². The van der Waals surface area contributed by atoms with Gasteiger partial charge in [-0.15, -0.1) is 0 Å². The predicted molar refractivity (Wildman–Crippen MR) is 109 cm³/mol. The molecule has 0 aromatic heterocycles. The Kier molecular flexibility index (Phi) is 8.01. The molecule has 0 saturated carbocycles. The van der Waals surface area contributed by atoms with Crippen molar-refractivity contribution in [2.24, 2.45) is 0 Å². The van der Waals surface area contributed by atoms with Crippen molar-refractivity contribution in [3.05, 3.63) is 0 Å². The number of sulfonamides is 1. The highest BCUT2D eigenvalue weighted by Gasteiger charge is 2.61. The largest absolute Gasteiger partial charge is 0.219 e. The van der Waals surface area contributed by atoms with Crippen LogP contribution in [0.2, 0.25) is 19.6 Å². The van der Waals surface area contributed by atoms with Crippen molar-refractivity contribution >= 4 is 18.1 Å². The van der Waals surface area contributed by atoms with Crippen LogP contribution in [0.3, 0.4) is 0 Å². The number of nitrogens with zero attached hydrogens (tertiary/aromatic N) is 1. The summed E-state index contributed by atoms with van der Waals surface area (Å²) in [6.45, 7) is 14.6. The molecule has 0 N–H and O–H groups in total. The van der Waals surface area contributed by atoms with Crippen LogP contribution in [-0.4, -0.2) is 37.3 Å². The van der Waals surface area contributed by atoms with E-state index in [0.29, 0.717) is 5.67 Å². The predicted octanol–water partition coefficient (Wildman–Crippen LogP) is 5.58. The second kappa shape index (κ2) is 8.68. The fourth-order valence-electron chi connectivity index (χ4n) is 3.63. The molecule has 24 heavy (non-hydrogen) atoms. The minimum Gasteiger partial charge on any atom is -0.212 e. The summed E-state index contributed by atoms with van der Waals surface area (Å²) < 4.78 is 26.9. The van der Waals surface area contributed by atoms with E-state index in [0.717, 1.165) is 6.42 Å². The second-order valence-corrected chi connectivity index (χ2v) is 17.5. The first kappa shape index (κ1) is 22.2. The molecular formula is C19H41NO2SSi. The van der Waals surface area contributed by atoms with Gasteiger partial charge in [0.15, 0.2) is 0 Å². The van der Waals surface area contributed by atoms with Crippen LogP contribution in [-0.2, 0) is 10.0 Å². The summed E-state index contributed by atoms with van der Waals surface area (Å²) >= 11 is 0. The molecule has 1 aliphatic heterocycles. The first-order valence-electron chi connectivity index (χ1n) is 9.97. The zero-order chi connectivity index (χ0) is 18.6. The second-order valence-electron chi connectivity index (χ2n) is 9.59. The summed E-state index contributed by atoms with van der Waals surface area (Å²) in [5.74, 6) is 0. The molecule has 3 nitrogen and oxygen atoms in total. The average Bonchev–Trinajstić information content (AvgIpc) is 3.15. The minimum absolute atomic E-state index is 0.279. The van der Waals surface area contributed by atoms with Crippen LogP contribution in [0.1, 0.15) is 85.5 Å². The van der Waals surface area contributed by atoms with E-state index in [-0.39, 0.29) is 6.04 Å². The standard InChI is InChI=1S/C19H41NO2SSi/c1-8-9-10-11-12-13-14-15-16-17-18(24(5,6)7)20(17)23(21,22)19(2,3)4/h17-18H,8-16H2,1-7H3/t17-,18-,20?/m0/s1. The molecule has 144 valence electrons. The highest BCUT2D eigenvalue weighted by molar-refractivity contribution is 7.90. The summed E-state index contributed by atoms with van der Waals surface area (Å²) in [7, 11) is -4.66. The van der Waals surface area contributed by atoms with Crippen LogP contribution in [0.5, 0.6) is 0 Å². The lowest BCUT2D eigenvalue weighted by Crippen LogP contribution is -2.39. The molecule has 0 radical (unpaired) electrons. The SMILES string of the molecule is CCCCCCCCCC[C@H]1[C@H]([Si](C)(C)C)N1S(=O)(=O)C(C)(C)C. The lowest BCUT2D eigenvalue weighted by atomic mass is 10.1. The molecule has 3 atom stereocenters. The Labute approximate surface area is 152 Å². The van der Waals surface area contributed by atoms with Crippen LogP contribution in [0.15, 0.2) is 0 Å². The zero-order valence-electron chi connectivity index (χ0n) is 17.2. The summed E-state index contributed by atoms with van der Waals surface area (Å²) in [6, 6.07) is 0.279. The minimum atomic E-state index is -3.17. The van der Waals surface area contributed by atoms with Gasteiger partial charge in [0.1, 0.15) is 0 Å². The molecule has 0 bridgehead atoms. The molecule has 0 aliphatic carbocycles. The van der Waals surface area contributed by atoms with Crippen LogP contribution in [0, 0.1) is 0 Å². The summed E-state index contributed by atoms with van der Waals surface area (Å²) in [6.07, 6.45) is 11.5. The van der Waals surface area contributed by atoms with Crippen molar-refractivity contribution in [2.75, 3.05) is 0 Å². The van der Waals surface area contributed by atoms with Gasteiger partial charge in [0.25, 0.3) is 0 Å². The molecule has 1 fully saturated rings. The van der Waals surface area contributed by atoms with Gasteiger partial charge in [-0.1, -0.05) is 77.9 Å². The first-order chi connectivity index (χ1) is 10.9. The maximum atomic E-state index is 12.9. The lowest BCUT2D eigenvalue weighted by Gasteiger charge is -2.23. The maximum absolute atomic E-state index is 12.9. The Balaban J connectivity index is 2.46. The zero-order valence-corrected chi connectivity index (χ0v) is 19.0. The maximum Gasteiger partial charge on any atom is 0.219 e. The molecule has 0 aromatic carbocycles. The van der Waals surface area contributed by atoms with Gasteiger partial charge < -0.3 is 0 Å². The highest BCUT2D eigenvalue weighted by atomic mass is 32.2. The monoisotopic (exact) mass is 375 g/mol. The van der Waals surface area contributed by atoms with E-state index < -0.39 is 22.8 Å². The molecular weight excluding hydrogens is 334 g/mol. The molecule has 0 amide bonds. The topological polar surface area (TPSA) is 37.1 Å². The Bertz CT molecular complexity index is 477. The lowest BCUT2D eigenvalue weighted by molar-refractivity contribution is 0.502. The molecule has 1 aliphatic rings.